The predicted octanol–water partition coefficient (Wildman–Crippen LogP) is 24.8. The molecule has 6 nitrogen and oxygen atoms in total. The summed E-state index contributed by atoms with van der Waals surface area (Å²) in [5.41, 5.74) is 0. The molecule has 0 amide bonds. The number of carbonyl (C=O) groups excluding carboxylic acids is 3. The number of hydrogen-bond donors (Lipinski definition) is 0. The SMILES string of the molecule is CC/C=C\C/C=C\C/C=C\C/C=C\CCCCCCCCCCCCCCC(=O)OCC(COC(=O)CCCCCCCCCCCCCCCCCC)OC(=O)CCCCCCCCCCCCC/C=C\C/C=C\CCCCCCC. The summed E-state index contributed by atoms with van der Waals surface area (Å²) in [6, 6.07) is 0. The zero-order valence-corrected chi connectivity index (χ0v) is 54.8. The van der Waals surface area contributed by atoms with E-state index in [9.17, 15) is 14.4 Å². The average Bonchev–Trinajstić information content (AvgIpc) is 3.47. The number of carbonyl (C=O) groups is 3. The Kier molecular flexibility index (Phi) is 67.6. The second-order valence-corrected chi connectivity index (χ2v) is 24.1. The van der Waals surface area contributed by atoms with Crippen molar-refractivity contribution in [1.82, 2.24) is 0 Å². The number of rotatable bonds is 66. The minimum Gasteiger partial charge on any atom is -0.462 e. The van der Waals surface area contributed by atoms with Gasteiger partial charge in [-0.25, -0.2) is 0 Å². The van der Waals surface area contributed by atoms with Crippen molar-refractivity contribution in [2.45, 2.75) is 380 Å². The smallest absolute Gasteiger partial charge is 0.306 e. The summed E-state index contributed by atoms with van der Waals surface area (Å²) in [7, 11) is 0. The van der Waals surface area contributed by atoms with Gasteiger partial charge in [0.05, 0.1) is 0 Å². The van der Waals surface area contributed by atoms with Crippen LogP contribution < -0.4 is 0 Å². The van der Waals surface area contributed by atoms with Crippen LogP contribution >= 0.6 is 0 Å². The Hall–Kier alpha value is -3.15. The molecule has 0 N–H and O–H groups in total. The molecule has 6 heteroatoms. The molecule has 0 aliphatic carbocycles. The van der Waals surface area contributed by atoms with Gasteiger partial charge in [0.25, 0.3) is 0 Å². The Bertz CT molecular complexity index is 1500. The maximum atomic E-state index is 13.0. The molecule has 0 fully saturated rings. The molecule has 1 unspecified atom stereocenters. The van der Waals surface area contributed by atoms with Crippen LogP contribution in [-0.2, 0) is 28.6 Å². The van der Waals surface area contributed by atoms with Gasteiger partial charge in [-0.05, 0) is 89.9 Å². The van der Waals surface area contributed by atoms with E-state index in [4.69, 9.17) is 14.2 Å². The number of unbranched alkanes of at least 4 members (excludes halogenated alkanes) is 43. The Balaban J connectivity index is 4.31. The molecule has 0 saturated carbocycles. The highest BCUT2D eigenvalue weighted by molar-refractivity contribution is 5.71. The van der Waals surface area contributed by atoms with Crippen molar-refractivity contribution in [3.05, 3.63) is 72.9 Å². The van der Waals surface area contributed by atoms with Gasteiger partial charge >= 0.3 is 17.9 Å². The van der Waals surface area contributed by atoms with Gasteiger partial charge in [0.15, 0.2) is 6.10 Å². The molecule has 0 heterocycles. The predicted molar refractivity (Wildman–Crippen MR) is 358 cm³/mol. The van der Waals surface area contributed by atoms with Crippen molar-refractivity contribution in [2.24, 2.45) is 0 Å². The zero-order chi connectivity index (χ0) is 59.2. The van der Waals surface area contributed by atoms with Crippen LogP contribution in [0.4, 0.5) is 0 Å². The number of hydrogen-bond acceptors (Lipinski definition) is 6. The fourth-order valence-corrected chi connectivity index (χ4v) is 10.6. The van der Waals surface area contributed by atoms with E-state index in [0.717, 1.165) is 89.9 Å². The Morgan fingerprint density at radius 2 is 0.476 bits per heavy atom. The summed E-state index contributed by atoms with van der Waals surface area (Å²) in [6.07, 6.45) is 92.1. The van der Waals surface area contributed by atoms with Gasteiger partial charge < -0.3 is 14.2 Å². The van der Waals surface area contributed by atoms with Gasteiger partial charge in [0.2, 0.25) is 0 Å². The fraction of sp³-hybridized carbons (Fsp3) is 0.803. The highest BCUT2D eigenvalue weighted by Crippen LogP contribution is 2.18. The normalized spacial score (nSPS) is 12.5. The Morgan fingerprint density at radius 3 is 0.744 bits per heavy atom. The van der Waals surface area contributed by atoms with E-state index in [-0.39, 0.29) is 31.1 Å². The van der Waals surface area contributed by atoms with Crippen LogP contribution in [0.15, 0.2) is 72.9 Å². The maximum absolute atomic E-state index is 13.0. The zero-order valence-electron chi connectivity index (χ0n) is 54.8. The van der Waals surface area contributed by atoms with Crippen molar-refractivity contribution in [1.29, 1.82) is 0 Å². The molecular formula is C76H136O6. The quantitative estimate of drug-likeness (QED) is 0.0261. The molecule has 0 spiro atoms. The molecule has 0 aliphatic rings. The van der Waals surface area contributed by atoms with Crippen molar-refractivity contribution in [3.63, 3.8) is 0 Å². The number of esters is 3. The van der Waals surface area contributed by atoms with Crippen molar-refractivity contribution in [2.75, 3.05) is 13.2 Å². The van der Waals surface area contributed by atoms with E-state index in [2.05, 4.69) is 93.7 Å². The van der Waals surface area contributed by atoms with Gasteiger partial charge in [-0.15, -0.1) is 0 Å². The lowest BCUT2D eigenvalue weighted by atomic mass is 10.0. The number of ether oxygens (including phenoxy) is 3. The van der Waals surface area contributed by atoms with E-state index in [1.807, 2.05) is 0 Å². The lowest BCUT2D eigenvalue weighted by Gasteiger charge is -2.18. The lowest BCUT2D eigenvalue weighted by molar-refractivity contribution is -0.167. The summed E-state index contributed by atoms with van der Waals surface area (Å²) < 4.78 is 17.0. The maximum Gasteiger partial charge on any atom is 0.306 e. The topological polar surface area (TPSA) is 78.9 Å². The molecule has 0 bridgehead atoms. The third-order valence-electron chi connectivity index (χ3n) is 15.9. The third kappa shape index (κ3) is 67.6. The largest absolute Gasteiger partial charge is 0.462 e. The minimum atomic E-state index is -0.777. The molecule has 0 aromatic heterocycles. The van der Waals surface area contributed by atoms with E-state index in [1.54, 1.807) is 0 Å². The molecule has 0 saturated heterocycles. The van der Waals surface area contributed by atoms with Crippen molar-refractivity contribution in [3.8, 4) is 0 Å². The van der Waals surface area contributed by atoms with E-state index in [0.29, 0.717) is 19.3 Å². The van der Waals surface area contributed by atoms with E-state index >= 15 is 0 Å². The van der Waals surface area contributed by atoms with E-state index in [1.165, 1.54) is 244 Å². The van der Waals surface area contributed by atoms with Gasteiger partial charge in [0.1, 0.15) is 13.2 Å². The average molecular weight is 1150 g/mol. The number of allylic oxidation sites excluding steroid dienone is 12. The monoisotopic (exact) mass is 1150 g/mol. The summed E-state index contributed by atoms with van der Waals surface area (Å²) in [6.45, 7) is 6.58. The van der Waals surface area contributed by atoms with Gasteiger partial charge in [-0.3, -0.25) is 14.4 Å². The highest BCUT2D eigenvalue weighted by atomic mass is 16.6. The van der Waals surface area contributed by atoms with Crippen LogP contribution in [0, 0.1) is 0 Å². The summed E-state index contributed by atoms with van der Waals surface area (Å²) >= 11 is 0. The van der Waals surface area contributed by atoms with Crippen molar-refractivity contribution >= 4 is 17.9 Å². The first-order chi connectivity index (χ1) is 40.5. The van der Waals surface area contributed by atoms with Gasteiger partial charge in [-0.1, -0.05) is 338 Å². The van der Waals surface area contributed by atoms with Crippen LogP contribution in [0.3, 0.4) is 0 Å². The Labute approximate surface area is 510 Å². The molecule has 0 aliphatic heterocycles. The minimum absolute atomic E-state index is 0.0718. The van der Waals surface area contributed by atoms with Crippen LogP contribution in [0.5, 0.6) is 0 Å². The van der Waals surface area contributed by atoms with Crippen LogP contribution in [0.2, 0.25) is 0 Å². The molecule has 1 atom stereocenters. The first-order valence-corrected chi connectivity index (χ1v) is 35.9. The standard InChI is InChI=1S/C76H136O6/c1-4-7-10-13-16-19-22-25-28-31-33-35-37-38-40-41-43-45-48-51-54-57-60-63-66-69-75(78)81-72-73(71-80-74(77)68-65-62-59-56-53-50-47-30-27-24-21-18-15-12-9-6-3)82-76(79)70-67-64-61-58-55-52-49-46-44-42-39-36-34-32-29-26-23-20-17-14-11-8-5-2/h7,10,16,19,23,25-26,28,32-35,73H,4-6,8-9,11-15,17-18,20-22,24,27,29-31,36-72H2,1-3H3/b10-7-,19-16-,26-23-,28-25-,34-32-,35-33-. The molecule has 82 heavy (non-hydrogen) atoms. The first-order valence-electron chi connectivity index (χ1n) is 35.9. The molecular weight excluding hydrogens is 1010 g/mol. The second kappa shape index (κ2) is 70.3. The van der Waals surface area contributed by atoms with Crippen LogP contribution in [0.25, 0.3) is 0 Å². The lowest BCUT2D eigenvalue weighted by Crippen LogP contribution is -2.30. The molecule has 0 radical (unpaired) electrons. The fourth-order valence-electron chi connectivity index (χ4n) is 10.6. The second-order valence-electron chi connectivity index (χ2n) is 24.1. The highest BCUT2D eigenvalue weighted by Gasteiger charge is 2.19. The van der Waals surface area contributed by atoms with Crippen LogP contribution in [-0.4, -0.2) is 37.2 Å². The van der Waals surface area contributed by atoms with Gasteiger partial charge in [-0.2, -0.15) is 0 Å². The molecule has 0 aromatic rings. The summed E-state index contributed by atoms with van der Waals surface area (Å²) in [5, 5.41) is 0. The van der Waals surface area contributed by atoms with Crippen LogP contribution in [0.1, 0.15) is 374 Å². The summed E-state index contributed by atoms with van der Waals surface area (Å²) in [5.74, 6) is -0.851. The molecule has 476 valence electrons. The van der Waals surface area contributed by atoms with Gasteiger partial charge in [0, 0.05) is 19.3 Å². The third-order valence-corrected chi connectivity index (χ3v) is 15.9. The molecule has 0 aromatic carbocycles. The van der Waals surface area contributed by atoms with E-state index < -0.39 is 6.10 Å². The Morgan fingerprint density at radius 1 is 0.256 bits per heavy atom. The molecule has 0 rings (SSSR count). The van der Waals surface area contributed by atoms with Crippen molar-refractivity contribution < 1.29 is 28.6 Å². The first kappa shape index (κ1) is 78.8. The summed E-state index contributed by atoms with van der Waals surface area (Å²) in [4.78, 5) is 38.5.